The Bertz CT molecular complexity index is 1050. The lowest BCUT2D eigenvalue weighted by molar-refractivity contribution is 0.0734. The fourth-order valence-electron chi connectivity index (χ4n) is 3.35. The Morgan fingerprint density at radius 1 is 1.21 bits per heavy atom. The highest BCUT2D eigenvalue weighted by atomic mass is 35.5. The van der Waals surface area contributed by atoms with Gasteiger partial charge in [-0.15, -0.1) is 11.8 Å². The number of hydrogen-bond acceptors (Lipinski definition) is 5. The summed E-state index contributed by atoms with van der Waals surface area (Å²) in [7, 11) is 0. The van der Waals surface area contributed by atoms with Crippen LogP contribution in [0.25, 0.3) is 11.3 Å². The van der Waals surface area contributed by atoms with Crippen molar-refractivity contribution >= 4 is 29.3 Å². The van der Waals surface area contributed by atoms with Gasteiger partial charge < -0.3 is 15.1 Å². The molecular formula is C20H18ClN3O3S. The molecule has 6 nitrogen and oxygen atoms in total. The van der Waals surface area contributed by atoms with Crippen molar-refractivity contribution in [1.29, 1.82) is 0 Å². The van der Waals surface area contributed by atoms with Crippen molar-refractivity contribution in [2.45, 2.75) is 17.9 Å². The van der Waals surface area contributed by atoms with Crippen molar-refractivity contribution in [3.63, 3.8) is 0 Å². The number of fused-ring (bicyclic) bond motifs is 1. The molecule has 3 N–H and O–H groups in total. The zero-order valence-electron chi connectivity index (χ0n) is 15.1. The number of halogens is 1. The van der Waals surface area contributed by atoms with E-state index in [9.17, 15) is 15.0 Å². The van der Waals surface area contributed by atoms with Crippen molar-refractivity contribution in [1.82, 2.24) is 15.1 Å². The highest BCUT2D eigenvalue weighted by Crippen LogP contribution is 2.39. The van der Waals surface area contributed by atoms with E-state index >= 15 is 0 Å². The molecule has 2 aromatic carbocycles. The molecule has 1 amide bonds. The van der Waals surface area contributed by atoms with Crippen LogP contribution in [0.5, 0.6) is 11.5 Å². The number of aromatic nitrogens is 2. The van der Waals surface area contributed by atoms with Crippen LogP contribution < -0.4 is 0 Å². The lowest BCUT2D eigenvalue weighted by Gasteiger charge is -2.27. The molecule has 1 aliphatic rings. The lowest BCUT2D eigenvalue weighted by Crippen LogP contribution is -2.35. The third-order valence-electron chi connectivity index (χ3n) is 4.88. The maximum atomic E-state index is 12.9. The highest BCUT2D eigenvalue weighted by molar-refractivity contribution is 7.98. The molecule has 8 heteroatoms. The maximum Gasteiger partial charge on any atom is 0.254 e. The van der Waals surface area contributed by atoms with E-state index in [4.69, 9.17) is 11.6 Å². The first-order chi connectivity index (χ1) is 13.5. The summed E-state index contributed by atoms with van der Waals surface area (Å²) in [6, 6.07) is 10.2. The van der Waals surface area contributed by atoms with E-state index in [0.717, 1.165) is 16.2 Å². The maximum absolute atomic E-state index is 12.9. The van der Waals surface area contributed by atoms with Crippen LogP contribution >= 0.6 is 23.4 Å². The van der Waals surface area contributed by atoms with Crippen molar-refractivity contribution in [3.8, 4) is 22.8 Å². The van der Waals surface area contributed by atoms with Gasteiger partial charge in [0, 0.05) is 52.9 Å². The number of nitrogens with one attached hydrogen (secondary N) is 1. The van der Waals surface area contributed by atoms with Crippen LogP contribution in [0.1, 0.15) is 21.6 Å². The van der Waals surface area contributed by atoms with Gasteiger partial charge in [0.1, 0.15) is 17.2 Å². The smallest absolute Gasteiger partial charge is 0.254 e. The van der Waals surface area contributed by atoms with Gasteiger partial charge in [0.15, 0.2) is 0 Å². The first-order valence-electron chi connectivity index (χ1n) is 8.69. The Morgan fingerprint density at radius 2 is 1.96 bits per heavy atom. The van der Waals surface area contributed by atoms with Gasteiger partial charge in [-0.3, -0.25) is 9.89 Å². The van der Waals surface area contributed by atoms with Gasteiger partial charge in [-0.2, -0.15) is 5.10 Å². The molecule has 0 bridgehead atoms. The minimum Gasteiger partial charge on any atom is -0.507 e. The number of amides is 1. The molecule has 28 heavy (non-hydrogen) atoms. The summed E-state index contributed by atoms with van der Waals surface area (Å²) in [5.74, 6) is -0.358. The number of benzene rings is 2. The van der Waals surface area contributed by atoms with Gasteiger partial charge in [0.05, 0.1) is 5.02 Å². The predicted octanol–water partition coefficient (Wildman–Crippen LogP) is 4.06. The van der Waals surface area contributed by atoms with Crippen LogP contribution in [0.2, 0.25) is 5.02 Å². The first kappa shape index (κ1) is 18.7. The quantitative estimate of drug-likeness (QED) is 0.561. The molecule has 0 spiro atoms. The minimum atomic E-state index is -0.196. The van der Waals surface area contributed by atoms with Crippen LogP contribution in [0.15, 0.2) is 41.3 Å². The van der Waals surface area contributed by atoms with Crippen LogP contribution in [0, 0.1) is 0 Å². The second-order valence-electron chi connectivity index (χ2n) is 6.56. The van der Waals surface area contributed by atoms with Gasteiger partial charge in [-0.1, -0.05) is 11.6 Å². The summed E-state index contributed by atoms with van der Waals surface area (Å²) in [6.07, 6.45) is 2.64. The molecule has 0 radical (unpaired) electrons. The van der Waals surface area contributed by atoms with E-state index in [1.54, 1.807) is 16.7 Å². The summed E-state index contributed by atoms with van der Waals surface area (Å²) < 4.78 is 0. The molecule has 0 aliphatic carbocycles. The molecule has 0 saturated heterocycles. The van der Waals surface area contributed by atoms with Gasteiger partial charge >= 0.3 is 0 Å². The van der Waals surface area contributed by atoms with Crippen LogP contribution in [0.4, 0.5) is 0 Å². The number of thioether (sulfide) groups is 1. The third kappa shape index (κ3) is 3.31. The van der Waals surface area contributed by atoms with Crippen LogP contribution in [-0.2, 0) is 13.0 Å². The summed E-state index contributed by atoms with van der Waals surface area (Å²) >= 11 is 7.63. The van der Waals surface area contributed by atoms with Crippen molar-refractivity contribution in [3.05, 3.63) is 58.2 Å². The lowest BCUT2D eigenvalue weighted by atomic mass is 9.99. The average molecular weight is 416 g/mol. The van der Waals surface area contributed by atoms with Crippen molar-refractivity contribution in [2.75, 3.05) is 12.8 Å². The van der Waals surface area contributed by atoms with E-state index in [2.05, 4.69) is 10.2 Å². The molecule has 2 heterocycles. The molecule has 144 valence electrons. The summed E-state index contributed by atoms with van der Waals surface area (Å²) in [4.78, 5) is 15.8. The summed E-state index contributed by atoms with van der Waals surface area (Å²) in [5.41, 5.74) is 3.36. The standard InChI is InChI=1S/C20H18ClN3O3S/c1-28-12-4-2-11(3-5-12)20(27)24-7-6-16-14(10-24)19(23-22-16)13-8-15(21)18(26)9-17(13)25/h2-5,8-9,25-26H,6-7,10H2,1H3,(H,22,23). The summed E-state index contributed by atoms with van der Waals surface area (Å²) in [6.45, 7) is 0.961. The fourth-order valence-corrected chi connectivity index (χ4v) is 3.92. The zero-order chi connectivity index (χ0) is 19.8. The second-order valence-corrected chi connectivity index (χ2v) is 7.84. The predicted molar refractivity (Wildman–Crippen MR) is 109 cm³/mol. The van der Waals surface area contributed by atoms with Gasteiger partial charge in [0.25, 0.3) is 5.91 Å². The number of phenolic OH excluding ortho intramolecular Hbond substituents is 2. The monoisotopic (exact) mass is 415 g/mol. The van der Waals surface area contributed by atoms with Crippen LogP contribution in [0.3, 0.4) is 0 Å². The van der Waals surface area contributed by atoms with Crippen molar-refractivity contribution in [2.24, 2.45) is 0 Å². The average Bonchev–Trinajstić information content (AvgIpc) is 3.13. The van der Waals surface area contributed by atoms with Gasteiger partial charge in [-0.25, -0.2) is 0 Å². The molecular weight excluding hydrogens is 398 g/mol. The van der Waals surface area contributed by atoms with E-state index < -0.39 is 0 Å². The van der Waals surface area contributed by atoms with Gasteiger partial charge in [0.2, 0.25) is 0 Å². The number of aromatic hydroxyl groups is 2. The minimum absolute atomic E-state index is 0.0431. The normalized spacial score (nSPS) is 13.4. The molecule has 3 aromatic rings. The number of rotatable bonds is 3. The number of carbonyl (C=O) groups excluding carboxylic acids is 1. The SMILES string of the molecule is CSc1ccc(C(=O)N2CCc3[nH]nc(-c4cc(Cl)c(O)cc4O)c3C2)cc1. The second kappa shape index (κ2) is 7.41. The zero-order valence-corrected chi connectivity index (χ0v) is 16.6. The number of aromatic amines is 1. The molecule has 0 atom stereocenters. The third-order valence-corrected chi connectivity index (χ3v) is 5.92. The van der Waals surface area contributed by atoms with E-state index in [-0.39, 0.29) is 22.4 Å². The number of phenols is 2. The number of carbonyl (C=O) groups is 1. The Kier molecular flexibility index (Phi) is 4.95. The molecule has 0 unspecified atom stereocenters. The van der Waals surface area contributed by atoms with Gasteiger partial charge in [-0.05, 0) is 36.6 Å². The van der Waals surface area contributed by atoms with Crippen LogP contribution in [-0.4, -0.2) is 44.0 Å². The van der Waals surface area contributed by atoms with E-state index in [0.29, 0.717) is 36.3 Å². The Morgan fingerprint density at radius 3 is 2.68 bits per heavy atom. The van der Waals surface area contributed by atoms with E-state index in [1.165, 1.54) is 12.1 Å². The molecule has 1 aromatic heterocycles. The Hall–Kier alpha value is -2.64. The molecule has 0 saturated carbocycles. The number of hydrogen-bond donors (Lipinski definition) is 3. The first-order valence-corrected chi connectivity index (χ1v) is 10.3. The number of H-pyrrole nitrogens is 1. The highest BCUT2D eigenvalue weighted by Gasteiger charge is 2.27. The fraction of sp³-hybridized carbons (Fsp3) is 0.200. The van der Waals surface area contributed by atoms with Crippen molar-refractivity contribution < 1.29 is 15.0 Å². The summed E-state index contributed by atoms with van der Waals surface area (Å²) in [5, 5.41) is 27.3. The largest absolute Gasteiger partial charge is 0.507 e. The van der Waals surface area contributed by atoms with E-state index in [1.807, 2.05) is 30.5 Å². The Balaban J connectivity index is 1.64. The topological polar surface area (TPSA) is 89.5 Å². The molecule has 4 rings (SSSR count). The number of nitrogens with zero attached hydrogens (tertiary/aromatic N) is 2. The Labute approximate surface area is 171 Å². The molecule has 1 aliphatic heterocycles. The molecule has 0 fully saturated rings.